The topological polar surface area (TPSA) is 0 Å². The molecule has 0 saturated heterocycles. The highest BCUT2D eigenvalue weighted by atomic mass is 14.3. The molecule has 0 heterocycles. The summed E-state index contributed by atoms with van der Waals surface area (Å²) in [5, 5.41) is 2.71. The smallest absolute Gasteiger partial charge is 0.0271 e. The Kier molecular flexibility index (Phi) is 2.63. The molecule has 0 nitrogen and oxygen atoms in total. The summed E-state index contributed by atoms with van der Waals surface area (Å²) >= 11 is 0. The van der Waals surface area contributed by atoms with Crippen LogP contribution in [0.3, 0.4) is 0 Å². The number of hydrogen-bond donors (Lipinski definition) is 0. The predicted molar refractivity (Wildman–Crippen MR) is 98.5 cm³/mol. The molecule has 0 fully saturated rings. The molecule has 3 aromatic rings. The number of fused-ring (bicyclic) bond motifs is 4. The fourth-order valence-electron chi connectivity index (χ4n) is 4.27. The van der Waals surface area contributed by atoms with Gasteiger partial charge in [0, 0.05) is 5.92 Å². The van der Waals surface area contributed by atoms with E-state index in [1.54, 1.807) is 0 Å². The predicted octanol–water partition coefficient (Wildman–Crippen LogP) is 5.98. The molecule has 0 amide bonds. The van der Waals surface area contributed by atoms with E-state index in [4.69, 9.17) is 0 Å². The van der Waals surface area contributed by atoms with Crippen LogP contribution in [0.15, 0.2) is 71.8 Å². The highest BCUT2D eigenvalue weighted by Gasteiger charge is 2.29. The zero-order valence-corrected chi connectivity index (χ0v) is 13.2. The highest BCUT2D eigenvalue weighted by molar-refractivity contribution is 5.95. The second-order valence-electron chi connectivity index (χ2n) is 6.71. The summed E-state index contributed by atoms with van der Waals surface area (Å²) in [6, 6.07) is 22.1. The second-order valence-corrected chi connectivity index (χ2v) is 6.71. The Morgan fingerprint density at radius 2 is 1.65 bits per heavy atom. The first-order valence-electron chi connectivity index (χ1n) is 8.29. The van der Waals surface area contributed by atoms with Crippen molar-refractivity contribution in [2.75, 3.05) is 0 Å². The normalized spacial score (nSPS) is 18.6. The Bertz CT molecular complexity index is 1000. The lowest BCUT2D eigenvalue weighted by Gasteiger charge is -2.17. The van der Waals surface area contributed by atoms with Gasteiger partial charge < -0.3 is 0 Å². The van der Waals surface area contributed by atoms with Crippen molar-refractivity contribution in [2.24, 2.45) is 0 Å². The molecule has 0 N–H and O–H groups in total. The van der Waals surface area contributed by atoms with Crippen LogP contribution in [0.25, 0.3) is 22.9 Å². The van der Waals surface area contributed by atoms with Gasteiger partial charge in [0.05, 0.1) is 0 Å². The van der Waals surface area contributed by atoms with Gasteiger partial charge in [-0.1, -0.05) is 84.0 Å². The molecular weight excluding hydrogens is 276 g/mol. The molecule has 3 aromatic carbocycles. The maximum Gasteiger partial charge on any atom is 0.0271 e. The summed E-state index contributed by atoms with van der Waals surface area (Å²) in [5.74, 6) is 0.446. The summed E-state index contributed by atoms with van der Waals surface area (Å²) in [7, 11) is 0. The average Bonchev–Trinajstić information content (AvgIpc) is 3.14. The minimum Gasteiger partial charge on any atom is -0.0619 e. The molecule has 5 rings (SSSR count). The standard InChI is InChI=1S/C23H18/c1-15-12-22-20-9-5-4-6-16(20)10-11-21(22)23(15)19-13-17-7-2-3-8-18(17)14-19/h2-13,23H,14H2,1H3. The number of benzene rings is 3. The zero-order chi connectivity index (χ0) is 15.4. The van der Waals surface area contributed by atoms with Crippen molar-refractivity contribution in [3.05, 3.63) is 94.1 Å². The van der Waals surface area contributed by atoms with E-state index in [1.807, 2.05) is 0 Å². The molecule has 0 aliphatic heterocycles. The van der Waals surface area contributed by atoms with Gasteiger partial charge in [0.25, 0.3) is 0 Å². The van der Waals surface area contributed by atoms with Gasteiger partial charge in [0.15, 0.2) is 0 Å². The minimum absolute atomic E-state index is 0.446. The zero-order valence-electron chi connectivity index (χ0n) is 13.2. The summed E-state index contributed by atoms with van der Waals surface area (Å²) in [6.07, 6.45) is 5.88. The van der Waals surface area contributed by atoms with E-state index in [0.717, 1.165) is 6.42 Å². The van der Waals surface area contributed by atoms with Crippen LogP contribution < -0.4 is 0 Å². The lowest BCUT2D eigenvalue weighted by molar-refractivity contribution is 0.918. The van der Waals surface area contributed by atoms with Gasteiger partial charge in [-0.05, 0) is 46.4 Å². The quantitative estimate of drug-likeness (QED) is 0.518. The van der Waals surface area contributed by atoms with Crippen molar-refractivity contribution >= 4 is 22.9 Å². The lowest BCUT2D eigenvalue weighted by atomic mass is 9.87. The lowest BCUT2D eigenvalue weighted by Crippen LogP contribution is -2.01. The maximum atomic E-state index is 2.40. The van der Waals surface area contributed by atoms with E-state index in [0.29, 0.717) is 5.92 Å². The Hall–Kier alpha value is -2.60. The molecule has 2 aliphatic rings. The van der Waals surface area contributed by atoms with Crippen molar-refractivity contribution in [1.82, 2.24) is 0 Å². The fraction of sp³-hybridized carbons (Fsp3) is 0.130. The summed E-state index contributed by atoms with van der Waals surface area (Å²) in [4.78, 5) is 0. The van der Waals surface area contributed by atoms with E-state index in [-0.39, 0.29) is 0 Å². The number of allylic oxidation sites excluding steroid dienone is 2. The van der Waals surface area contributed by atoms with Crippen LogP contribution in [-0.2, 0) is 6.42 Å². The molecule has 0 saturated carbocycles. The SMILES string of the molecule is CC1=Cc2c(ccc3ccccc23)C1C1=Cc2ccccc2C1. The average molecular weight is 294 g/mol. The van der Waals surface area contributed by atoms with E-state index in [2.05, 4.69) is 79.7 Å². The third kappa shape index (κ3) is 1.85. The van der Waals surface area contributed by atoms with Crippen molar-refractivity contribution in [2.45, 2.75) is 19.3 Å². The van der Waals surface area contributed by atoms with Crippen LogP contribution in [0.5, 0.6) is 0 Å². The van der Waals surface area contributed by atoms with Gasteiger partial charge in [0.2, 0.25) is 0 Å². The molecular formula is C23H18. The first-order chi connectivity index (χ1) is 11.3. The Balaban J connectivity index is 1.66. The summed E-state index contributed by atoms with van der Waals surface area (Å²) in [5.41, 5.74) is 8.75. The molecule has 2 aliphatic carbocycles. The van der Waals surface area contributed by atoms with E-state index in [1.165, 1.54) is 44.2 Å². The van der Waals surface area contributed by atoms with Gasteiger partial charge in [-0.25, -0.2) is 0 Å². The van der Waals surface area contributed by atoms with Gasteiger partial charge in [-0.3, -0.25) is 0 Å². The minimum atomic E-state index is 0.446. The van der Waals surface area contributed by atoms with Gasteiger partial charge in [0.1, 0.15) is 0 Å². The maximum absolute atomic E-state index is 2.40. The molecule has 0 heteroatoms. The van der Waals surface area contributed by atoms with Crippen LogP contribution in [0, 0.1) is 0 Å². The molecule has 1 unspecified atom stereocenters. The van der Waals surface area contributed by atoms with Crippen molar-refractivity contribution < 1.29 is 0 Å². The van der Waals surface area contributed by atoms with Crippen LogP contribution in [0.2, 0.25) is 0 Å². The van der Waals surface area contributed by atoms with Crippen molar-refractivity contribution in [3.8, 4) is 0 Å². The molecule has 1 atom stereocenters. The van der Waals surface area contributed by atoms with Crippen molar-refractivity contribution in [3.63, 3.8) is 0 Å². The van der Waals surface area contributed by atoms with E-state index >= 15 is 0 Å². The van der Waals surface area contributed by atoms with Crippen LogP contribution >= 0.6 is 0 Å². The molecule has 0 bridgehead atoms. The first kappa shape index (κ1) is 12.9. The highest BCUT2D eigenvalue weighted by Crippen LogP contribution is 2.46. The Labute approximate surface area is 136 Å². The van der Waals surface area contributed by atoms with Crippen LogP contribution in [-0.4, -0.2) is 0 Å². The van der Waals surface area contributed by atoms with Crippen LogP contribution in [0.1, 0.15) is 35.1 Å². The summed E-state index contributed by atoms with van der Waals surface area (Å²) < 4.78 is 0. The van der Waals surface area contributed by atoms with E-state index < -0.39 is 0 Å². The molecule has 0 spiro atoms. The second kappa shape index (κ2) is 4.70. The monoisotopic (exact) mass is 294 g/mol. The van der Waals surface area contributed by atoms with E-state index in [9.17, 15) is 0 Å². The Morgan fingerprint density at radius 1 is 0.826 bits per heavy atom. The van der Waals surface area contributed by atoms with Gasteiger partial charge in [-0.15, -0.1) is 0 Å². The van der Waals surface area contributed by atoms with Gasteiger partial charge in [-0.2, -0.15) is 0 Å². The fourth-order valence-corrected chi connectivity index (χ4v) is 4.27. The number of rotatable bonds is 1. The third-order valence-corrected chi connectivity index (χ3v) is 5.30. The molecule has 110 valence electrons. The molecule has 23 heavy (non-hydrogen) atoms. The van der Waals surface area contributed by atoms with Gasteiger partial charge >= 0.3 is 0 Å². The third-order valence-electron chi connectivity index (χ3n) is 5.30. The largest absolute Gasteiger partial charge is 0.0619 e. The molecule has 0 aromatic heterocycles. The van der Waals surface area contributed by atoms with Crippen molar-refractivity contribution in [1.29, 1.82) is 0 Å². The first-order valence-corrected chi connectivity index (χ1v) is 8.29. The molecule has 0 radical (unpaired) electrons. The number of hydrogen-bond acceptors (Lipinski definition) is 0. The summed E-state index contributed by atoms with van der Waals surface area (Å²) in [6.45, 7) is 2.28. The van der Waals surface area contributed by atoms with Crippen LogP contribution in [0.4, 0.5) is 0 Å². The Morgan fingerprint density at radius 3 is 2.57 bits per heavy atom.